The minimum Gasteiger partial charge on any atom is -0.391 e. The quantitative estimate of drug-likeness (QED) is 0.870. The zero-order valence-corrected chi connectivity index (χ0v) is 9.99. The molecule has 1 aromatic rings. The van der Waals surface area contributed by atoms with Crippen molar-refractivity contribution in [2.75, 3.05) is 6.54 Å². The van der Waals surface area contributed by atoms with Crippen LogP contribution in [0.25, 0.3) is 0 Å². The Morgan fingerprint density at radius 2 is 2.47 bits per heavy atom. The average molecular weight is 273 g/mol. The third kappa shape index (κ3) is 3.60. The first-order valence-electron chi connectivity index (χ1n) is 4.72. The number of halogens is 1. The molecule has 4 nitrogen and oxygen atoms in total. The lowest BCUT2D eigenvalue weighted by molar-refractivity contribution is 0.0908. The van der Waals surface area contributed by atoms with Crippen LogP contribution in [0.1, 0.15) is 23.8 Å². The van der Waals surface area contributed by atoms with E-state index in [2.05, 4.69) is 26.2 Å². The van der Waals surface area contributed by atoms with Crippen LogP contribution < -0.4 is 5.32 Å². The molecule has 2 N–H and O–H groups in total. The van der Waals surface area contributed by atoms with Crippen molar-refractivity contribution in [3.63, 3.8) is 0 Å². The Morgan fingerprint density at radius 1 is 1.73 bits per heavy atom. The second kappa shape index (κ2) is 5.82. The van der Waals surface area contributed by atoms with Gasteiger partial charge in [-0.25, -0.2) is 4.98 Å². The molecule has 1 rings (SSSR count). The van der Waals surface area contributed by atoms with E-state index < -0.39 is 6.10 Å². The molecule has 0 radical (unpaired) electrons. The van der Waals surface area contributed by atoms with Crippen molar-refractivity contribution >= 4 is 21.8 Å². The first-order chi connectivity index (χ1) is 7.15. The van der Waals surface area contributed by atoms with Gasteiger partial charge in [-0.1, -0.05) is 6.92 Å². The third-order valence-electron chi connectivity index (χ3n) is 1.94. The molecule has 1 atom stereocenters. The summed E-state index contributed by atoms with van der Waals surface area (Å²) < 4.78 is 0.647. The van der Waals surface area contributed by atoms with Crippen LogP contribution in [0.5, 0.6) is 0 Å². The van der Waals surface area contributed by atoms with E-state index in [1.165, 1.54) is 0 Å². The average Bonchev–Trinajstić information content (AvgIpc) is 2.26. The number of carbonyl (C=O) groups excluding carboxylic acids is 1. The molecular formula is C10H13BrN2O2. The SMILES string of the molecule is CCC(O)CNC(=O)c1ncccc1Br. The van der Waals surface area contributed by atoms with Crippen LogP contribution in [0.2, 0.25) is 0 Å². The zero-order chi connectivity index (χ0) is 11.3. The number of aromatic nitrogens is 1. The van der Waals surface area contributed by atoms with Gasteiger partial charge in [0.05, 0.1) is 6.10 Å². The van der Waals surface area contributed by atoms with Gasteiger partial charge in [-0.2, -0.15) is 0 Å². The molecule has 0 bridgehead atoms. The predicted octanol–water partition coefficient (Wildman–Crippen LogP) is 1.34. The third-order valence-corrected chi connectivity index (χ3v) is 2.58. The van der Waals surface area contributed by atoms with E-state index in [1.54, 1.807) is 18.3 Å². The molecule has 15 heavy (non-hydrogen) atoms. The van der Waals surface area contributed by atoms with Crippen molar-refractivity contribution in [1.29, 1.82) is 0 Å². The molecule has 0 aliphatic heterocycles. The predicted molar refractivity (Wildman–Crippen MR) is 60.6 cm³/mol. The number of hydrogen-bond donors (Lipinski definition) is 2. The first kappa shape index (κ1) is 12.1. The lowest BCUT2D eigenvalue weighted by Crippen LogP contribution is -2.32. The number of hydrogen-bond acceptors (Lipinski definition) is 3. The molecule has 0 spiro atoms. The molecule has 0 aliphatic rings. The van der Waals surface area contributed by atoms with E-state index >= 15 is 0 Å². The van der Waals surface area contributed by atoms with Crippen LogP contribution in [-0.2, 0) is 0 Å². The summed E-state index contributed by atoms with van der Waals surface area (Å²) in [4.78, 5) is 15.5. The molecular weight excluding hydrogens is 260 g/mol. The lowest BCUT2D eigenvalue weighted by Gasteiger charge is -2.09. The number of aliphatic hydroxyl groups is 1. The van der Waals surface area contributed by atoms with Gasteiger partial charge in [-0.15, -0.1) is 0 Å². The molecule has 0 aromatic carbocycles. The van der Waals surface area contributed by atoms with Crippen LogP contribution in [-0.4, -0.2) is 28.6 Å². The largest absolute Gasteiger partial charge is 0.391 e. The van der Waals surface area contributed by atoms with Gasteiger partial charge in [-0.3, -0.25) is 4.79 Å². The van der Waals surface area contributed by atoms with E-state index in [1.807, 2.05) is 6.92 Å². The van der Waals surface area contributed by atoms with E-state index in [4.69, 9.17) is 0 Å². The summed E-state index contributed by atoms with van der Waals surface area (Å²) in [7, 11) is 0. The van der Waals surface area contributed by atoms with Crippen molar-refractivity contribution in [3.05, 3.63) is 28.5 Å². The van der Waals surface area contributed by atoms with E-state index in [-0.39, 0.29) is 12.5 Å². The Hall–Kier alpha value is -0.940. The van der Waals surface area contributed by atoms with Crippen LogP contribution in [0, 0.1) is 0 Å². The van der Waals surface area contributed by atoms with Crippen LogP contribution in [0.3, 0.4) is 0 Å². The maximum absolute atomic E-state index is 11.6. The molecule has 0 saturated heterocycles. The fourth-order valence-corrected chi connectivity index (χ4v) is 1.43. The minimum atomic E-state index is -0.503. The van der Waals surface area contributed by atoms with Gasteiger partial charge < -0.3 is 10.4 Å². The molecule has 0 fully saturated rings. The highest BCUT2D eigenvalue weighted by Gasteiger charge is 2.11. The topological polar surface area (TPSA) is 62.2 Å². The molecule has 0 saturated carbocycles. The summed E-state index contributed by atoms with van der Waals surface area (Å²) in [6, 6.07) is 3.49. The van der Waals surface area contributed by atoms with Gasteiger partial charge in [0, 0.05) is 17.2 Å². The van der Waals surface area contributed by atoms with E-state index in [0.717, 1.165) is 0 Å². The molecule has 1 aromatic heterocycles. The Morgan fingerprint density at radius 3 is 3.07 bits per heavy atom. The fourth-order valence-electron chi connectivity index (χ4n) is 0.991. The monoisotopic (exact) mass is 272 g/mol. The Kier molecular flexibility index (Phi) is 4.71. The fraction of sp³-hybridized carbons (Fsp3) is 0.400. The smallest absolute Gasteiger partial charge is 0.271 e. The van der Waals surface area contributed by atoms with Gasteiger partial charge in [0.1, 0.15) is 5.69 Å². The van der Waals surface area contributed by atoms with Gasteiger partial charge in [0.15, 0.2) is 0 Å². The second-order valence-electron chi connectivity index (χ2n) is 3.11. The highest BCUT2D eigenvalue weighted by atomic mass is 79.9. The van der Waals surface area contributed by atoms with Crippen LogP contribution >= 0.6 is 15.9 Å². The molecule has 1 heterocycles. The number of carbonyl (C=O) groups is 1. The number of aliphatic hydroxyl groups excluding tert-OH is 1. The standard InChI is InChI=1S/C10H13BrN2O2/c1-2-7(14)6-13-10(15)9-8(11)4-3-5-12-9/h3-5,7,14H,2,6H2,1H3,(H,13,15). The summed E-state index contributed by atoms with van der Waals surface area (Å²) in [5.41, 5.74) is 0.334. The number of rotatable bonds is 4. The molecule has 5 heteroatoms. The molecule has 1 unspecified atom stereocenters. The number of nitrogens with one attached hydrogen (secondary N) is 1. The highest BCUT2D eigenvalue weighted by molar-refractivity contribution is 9.10. The Labute approximate surface area is 96.8 Å². The second-order valence-corrected chi connectivity index (χ2v) is 3.96. The summed E-state index contributed by atoms with van der Waals surface area (Å²) in [5, 5.41) is 11.9. The van der Waals surface area contributed by atoms with Crippen molar-refractivity contribution in [2.24, 2.45) is 0 Å². The van der Waals surface area contributed by atoms with Gasteiger partial charge >= 0.3 is 0 Å². The first-order valence-corrected chi connectivity index (χ1v) is 5.51. The number of amides is 1. The van der Waals surface area contributed by atoms with E-state index in [9.17, 15) is 9.90 Å². The number of nitrogens with zero attached hydrogens (tertiary/aromatic N) is 1. The Balaban J connectivity index is 2.58. The van der Waals surface area contributed by atoms with Crippen molar-refractivity contribution in [1.82, 2.24) is 10.3 Å². The summed E-state index contributed by atoms with van der Waals surface area (Å²) in [5.74, 6) is -0.282. The Bertz CT molecular complexity index is 344. The van der Waals surface area contributed by atoms with Crippen LogP contribution in [0.15, 0.2) is 22.8 Å². The van der Waals surface area contributed by atoms with E-state index in [0.29, 0.717) is 16.6 Å². The summed E-state index contributed by atoms with van der Waals surface area (Å²) >= 11 is 3.24. The summed E-state index contributed by atoms with van der Waals surface area (Å²) in [6.45, 7) is 2.10. The van der Waals surface area contributed by atoms with Crippen molar-refractivity contribution in [2.45, 2.75) is 19.4 Å². The normalized spacial score (nSPS) is 12.2. The maximum Gasteiger partial charge on any atom is 0.271 e. The van der Waals surface area contributed by atoms with Gasteiger partial charge in [0.25, 0.3) is 5.91 Å². The number of pyridine rings is 1. The molecule has 0 aliphatic carbocycles. The molecule has 1 amide bonds. The van der Waals surface area contributed by atoms with Crippen molar-refractivity contribution < 1.29 is 9.90 Å². The summed E-state index contributed by atoms with van der Waals surface area (Å²) in [6.07, 6.45) is 1.66. The van der Waals surface area contributed by atoms with Gasteiger partial charge in [-0.05, 0) is 34.5 Å². The maximum atomic E-state index is 11.6. The van der Waals surface area contributed by atoms with Crippen molar-refractivity contribution in [3.8, 4) is 0 Å². The zero-order valence-electron chi connectivity index (χ0n) is 8.40. The lowest BCUT2D eigenvalue weighted by atomic mass is 10.2. The molecule has 82 valence electrons. The highest BCUT2D eigenvalue weighted by Crippen LogP contribution is 2.12. The van der Waals surface area contributed by atoms with Gasteiger partial charge in [0.2, 0.25) is 0 Å². The van der Waals surface area contributed by atoms with Crippen LogP contribution in [0.4, 0.5) is 0 Å². The minimum absolute atomic E-state index is 0.248.